The molecule has 1 aromatic carbocycles. The van der Waals surface area contributed by atoms with Gasteiger partial charge in [-0.05, 0) is 30.7 Å². The van der Waals surface area contributed by atoms with E-state index in [1.807, 2.05) is 0 Å². The molecule has 8 heteroatoms. The van der Waals surface area contributed by atoms with Crippen molar-refractivity contribution in [3.63, 3.8) is 0 Å². The maximum Gasteiger partial charge on any atom is 0.339 e. The summed E-state index contributed by atoms with van der Waals surface area (Å²) in [6, 6.07) is 7.54. The summed E-state index contributed by atoms with van der Waals surface area (Å²) >= 11 is 0. The third-order valence-electron chi connectivity index (χ3n) is 3.69. The first-order valence-electron chi connectivity index (χ1n) is 7.64. The third-order valence-corrected chi connectivity index (χ3v) is 5.44. The van der Waals surface area contributed by atoms with Crippen molar-refractivity contribution in [2.45, 2.75) is 31.7 Å². The average Bonchev–Trinajstić information content (AvgIpc) is 2.94. The summed E-state index contributed by atoms with van der Waals surface area (Å²) < 4.78 is 28.8. The van der Waals surface area contributed by atoms with Crippen molar-refractivity contribution < 1.29 is 27.5 Å². The predicted octanol–water partition coefficient (Wildman–Crippen LogP) is 1.94. The Morgan fingerprint density at radius 2 is 1.84 bits per heavy atom. The van der Waals surface area contributed by atoms with Crippen LogP contribution >= 0.6 is 0 Å². The van der Waals surface area contributed by atoms with Gasteiger partial charge in [-0.15, -0.1) is 0 Å². The molecule has 0 radical (unpaired) electrons. The summed E-state index contributed by atoms with van der Waals surface area (Å²) in [4.78, 5) is 23.1. The molecule has 0 aliphatic carbocycles. The molecule has 2 N–H and O–H groups in total. The number of carboxylic acids is 1. The number of carbonyl (C=O) groups is 2. The minimum Gasteiger partial charge on any atom is -0.478 e. The highest BCUT2D eigenvalue weighted by Crippen LogP contribution is 2.15. The molecule has 0 saturated heterocycles. The normalized spacial score (nSPS) is 11.3. The van der Waals surface area contributed by atoms with Crippen LogP contribution in [-0.2, 0) is 27.6 Å². The molecule has 0 aliphatic heterocycles. The molecule has 0 atom stereocenters. The molecule has 2 rings (SSSR count). The van der Waals surface area contributed by atoms with Crippen LogP contribution in [0.25, 0.3) is 0 Å². The number of aryl methyl sites for hydroxylation is 1. The number of hydrogen-bond donors (Lipinski definition) is 2. The van der Waals surface area contributed by atoms with Crippen molar-refractivity contribution >= 4 is 21.7 Å². The number of sulfone groups is 1. The van der Waals surface area contributed by atoms with Gasteiger partial charge in [0, 0.05) is 0 Å². The summed E-state index contributed by atoms with van der Waals surface area (Å²) in [6.07, 6.45) is 0.0813. The summed E-state index contributed by atoms with van der Waals surface area (Å²) in [7, 11) is -3.26. The Kier molecular flexibility index (Phi) is 5.63. The molecular formula is C17H19NO6S. The first-order chi connectivity index (χ1) is 11.7. The predicted molar refractivity (Wildman–Crippen MR) is 90.1 cm³/mol. The number of carbonyl (C=O) groups excluding carboxylic acids is 1. The SMILES string of the molecule is CCS(=O)(=O)c1ccc(CC(=O)NCc2cc(C(=O)O)c(C)o2)cc1. The minimum absolute atomic E-state index is 0.0216. The second kappa shape index (κ2) is 7.52. The Labute approximate surface area is 145 Å². The highest BCUT2D eigenvalue weighted by Gasteiger charge is 2.15. The van der Waals surface area contributed by atoms with E-state index >= 15 is 0 Å². The van der Waals surface area contributed by atoms with Crippen LogP contribution in [0.15, 0.2) is 39.6 Å². The fraction of sp³-hybridized carbons (Fsp3) is 0.294. The van der Waals surface area contributed by atoms with Crippen LogP contribution in [0.3, 0.4) is 0 Å². The smallest absolute Gasteiger partial charge is 0.339 e. The zero-order valence-electron chi connectivity index (χ0n) is 13.9. The number of carboxylic acid groups (broad SMARTS) is 1. The highest BCUT2D eigenvalue weighted by molar-refractivity contribution is 7.91. The molecule has 0 aliphatic rings. The van der Waals surface area contributed by atoms with E-state index in [1.165, 1.54) is 18.2 Å². The number of aromatic carboxylic acids is 1. The van der Waals surface area contributed by atoms with E-state index in [1.54, 1.807) is 26.0 Å². The molecule has 1 heterocycles. The lowest BCUT2D eigenvalue weighted by atomic mass is 10.1. The molecule has 2 aromatic rings. The first kappa shape index (κ1) is 18.7. The molecule has 0 fully saturated rings. The number of nitrogens with one attached hydrogen (secondary N) is 1. The third kappa shape index (κ3) is 4.69. The zero-order valence-corrected chi connectivity index (χ0v) is 14.7. The first-order valence-corrected chi connectivity index (χ1v) is 9.29. The van der Waals surface area contributed by atoms with Crippen LogP contribution in [0.1, 0.15) is 34.4 Å². The summed E-state index contributed by atoms with van der Waals surface area (Å²) in [5, 5.41) is 11.6. The van der Waals surface area contributed by atoms with E-state index in [9.17, 15) is 18.0 Å². The zero-order chi connectivity index (χ0) is 18.6. The van der Waals surface area contributed by atoms with Crippen LogP contribution in [0, 0.1) is 6.92 Å². The Bertz CT molecular complexity index is 880. The molecule has 25 heavy (non-hydrogen) atoms. The molecule has 7 nitrogen and oxygen atoms in total. The van der Waals surface area contributed by atoms with E-state index in [0.717, 1.165) is 0 Å². The van der Waals surface area contributed by atoms with Crippen LogP contribution < -0.4 is 5.32 Å². The second-order valence-electron chi connectivity index (χ2n) is 5.49. The van der Waals surface area contributed by atoms with E-state index in [4.69, 9.17) is 9.52 Å². The Morgan fingerprint density at radius 3 is 2.36 bits per heavy atom. The number of amides is 1. The number of rotatable bonds is 7. The standard InChI is InChI=1S/C17H19NO6S/c1-3-25(22,23)14-6-4-12(5-7-14)8-16(19)18-10-13-9-15(17(20)21)11(2)24-13/h4-7,9H,3,8,10H2,1-2H3,(H,18,19)(H,20,21). The van der Waals surface area contributed by atoms with Crippen molar-refractivity contribution in [2.24, 2.45) is 0 Å². The molecule has 0 saturated carbocycles. The molecule has 1 amide bonds. The Hall–Kier alpha value is -2.61. The van der Waals surface area contributed by atoms with Gasteiger partial charge in [-0.1, -0.05) is 19.1 Å². The highest BCUT2D eigenvalue weighted by atomic mass is 32.2. The van der Waals surface area contributed by atoms with Crippen molar-refractivity contribution in [3.8, 4) is 0 Å². The maximum atomic E-state index is 12.0. The Morgan fingerprint density at radius 1 is 1.20 bits per heavy atom. The van der Waals surface area contributed by atoms with Crippen LogP contribution in [0.4, 0.5) is 0 Å². The van der Waals surface area contributed by atoms with Gasteiger partial charge < -0.3 is 14.8 Å². The second-order valence-corrected chi connectivity index (χ2v) is 7.77. The van der Waals surface area contributed by atoms with Crippen molar-refractivity contribution in [3.05, 3.63) is 53.0 Å². The van der Waals surface area contributed by atoms with Crippen molar-refractivity contribution in [2.75, 3.05) is 5.75 Å². The lowest BCUT2D eigenvalue weighted by Crippen LogP contribution is -2.24. The van der Waals surface area contributed by atoms with Gasteiger partial charge in [0.05, 0.1) is 23.6 Å². The van der Waals surface area contributed by atoms with Gasteiger partial charge in [0.1, 0.15) is 17.1 Å². The van der Waals surface area contributed by atoms with Gasteiger partial charge in [-0.25, -0.2) is 13.2 Å². The monoisotopic (exact) mass is 365 g/mol. The van der Waals surface area contributed by atoms with Gasteiger partial charge in [0.2, 0.25) is 5.91 Å². The van der Waals surface area contributed by atoms with E-state index in [2.05, 4.69) is 5.32 Å². The van der Waals surface area contributed by atoms with Gasteiger partial charge in [-0.3, -0.25) is 4.79 Å². The van der Waals surface area contributed by atoms with Gasteiger partial charge in [0.15, 0.2) is 9.84 Å². The molecule has 0 bridgehead atoms. The Balaban J connectivity index is 1.94. The fourth-order valence-corrected chi connectivity index (χ4v) is 3.14. The van der Waals surface area contributed by atoms with Crippen LogP contribution in [-0.4, -0.2) is 31.2 Å². The number of hydrogen-bond acceptors (Lipinski definition) is 5. The van der Waals surface area contributed by atoms with E-state index in [-0.39, 0.29) is 40.8 Å². The van der Waals surface area contributed by atoms with E-state index in [0.29, 0.717) is 11.3 Å². The summed E-state index contributed by atoms with van der Waals surface area (Å²) in [5.41, 5.74) is 0.742. The molecule has 134 valence electrons. The van der Waals surface area contributed by atoms with Crippen LogP contribution in [0.2, 0.25) is 0 Å². The average molecular weight is 365 g/mol. The minimum atomic E-state index is -3.26. The number of benzene rings is 1. The molecular weight excluding hydrogens is 346 g/mol. The fourth-order valence-electron chi connectivity index (χ4n) is 2.26. The summed E-state index contributed by atoms with van der Waals surface area (Å²) in [5.74, 6) is -0.705. The molecule has 1 aromatic heterocycles. The van der Waals surface area contributed by atoms with Gasteiger partial charge in [0.25, 0.3) is 0 Å². The van der Waals surface area contributed by atoms with Gasteiger partial charge >= 0.3 is 5.97 Å². The van der Waals surface area contributed by atoms with Crippen molar-refractivity contribution in [1.29, 1.82) is 0 Å². The maximum absolute atomic E-state index is 12.0. The van der Waals surface area contributed by atoms with Crippen LogP contribution in [0.5, 0.6) is 0 Å². The number of furan rings is 1. The van der Waals surface area contributed by atoms with Crippen molar-refractivity contribution in [1.82, 2.24) is 5.32 Å². The van der Waals surface area contributed by atoms with Gasteiger partial charge in [-0.2, -0.15) is 0 Å². The summed E-state index contributed by atoms with van der Waals surface area (Å²) in [6.45, 7) is 3.19. The molecule has 0 spiro atoms. The quantitative estimate of drug-likeness (QED) is 0.775. The lowest BCUT2D eigenvalue weighted by molar-refractivity contribution is -0.120. The largest absolute Gasteiger partial charge is 0.478 e. The topological polar surface area (TPSA) is 114 Å². The molecule has 0 unspecified atom stereocenters. The van der Waals surface area contributed by atoms with E-state index < -0.39 is 15.8 Å². The lowest BCUT2D eigenvalue weighted by Gasteiger charge is -2.05.